The van der Waals surface area contributed by atoms with Gasteiger partial charge in [-0.1, -0.05) is 42.5 Å². The molecule has 2 aromatic heterocycles. The van der Waals surface area contributed by atoms with Crippen LogP contribution in [0.5, 0.6) is 5.75 Å². The molecule has 10 nitrogen and oxygen atoms in total. The van der Waals surface area contributed by atoms with Crippen LogP contribution in [0.2, 0.25) is 0 Å². The van der Waals surface area contributed by atoms with Crippen LogP contribution in [-0.2, 0) is 22.6 Å². The number of carbonyl (C=O) groups excluding carboxylic acids is 1. The highest BCUT2D eigenvalue weighted by Gasteiger charge is 2.29. The Hall–Kier alpha value is -4.60. The van der Waals surface area contributed by atoms with Crippen molar-refractivity contribution in [3.63, 3.8) is 0 Å². The van der Waals surface area contributed by atoms with Crippen LogP contribution in [0.25, 0.3) is 5.65 Å². The van der Waals surface area contributed by atoms with E-state index in [1.807, 2.05) is 41.7 Å². The summed E-state index contributed by atoms with van der Waals surface area (Å²) in [7, 11) is 0. The van der Waals surface area contributed by atoms with Crippen LogP contribution in [0.4, 0.5) is 23.2 Å². The summed E-state index contributed by atoms with van der Waals surface area (Å²) in [5, 5.41) is 10.7. The number of amidine groups is 1. The SMILES string of the molecule is O=C([O-])C(F)(F)F.O=c1c(OCc2ccccc2)c(C2=NC=C(Cc3ccc(F)cc3)[NH2+]2)nc2c(Br)cc(N3CCOCC3)cn12. The lowest BCUT2D eigenvalue weighted by atomic mass is 10.1. The maximum Gasteiger partial charge on any atom is 0.430 e. The van der Waals surface area contributed by atoms with Gasteiger partial charge in [-0.05, 0) is 45.3 Å². The number of aliphatic carboxylic acids is 1. The van der Waals surface area contributed by atoms with Gasteiger partial charge in [-0.15, -0.1) is 0 Å². The number of carbonyl (C=O) groups is 1. The Morgan fingerprint density at radius 1 is 1.07 bits per heavy atom. The van der Waals surface area contributed by atoms with Crippen molar-refractivity contribution in [2.45, 2.75) is 19.2 Å². The average molecular weight is 704 g/mol. The molecule has 0 saturated carbocycles. The van der Waals surface area contributed by atoms with E-state index in [2.05, 4.69) is 25.8 Å². The number of pyridine rings is 1. The normalized spacial score (nSPS) is 14.8. The molecule has 0 bridgehead atoms. The van der Waals surface area contributed by atoms with Crippen LogP contribution in [0.3, 0.4) is 0 Å². The number of hydrogen-bond donors (Lipinski definition) is 1. The molecule has 240 valence electrons. The van der Waals surface area contributed by atoms with Gasteiger partial charge in [-0.25, -0.2) is 9.37 Å². The fourth-order valence-electron chi connectivity index (χ4n) is 4.66. The quantitative estimate of drug-likeness (QED) is 0.294. The Balaban J connectivity index is 0.000000537. The zero-order chi connectivity index (χ0) is 32.8. The summed E-state index contributed by atoms with van der Waals surface area (Å²) in [5.74, 6) is -2.61. The molecule has 0 unspecified atom stereocenters. The third-order valence-electron chi connectivity index (χ3n) is 6.91. The zero-order valence-electron chi connectivity index (χ0n) is 24.0. The van der Waals surface area contributed by atoms with Gasteiger partial charge in [0.1, 0.15) is 24.1 Å². The lowest BCUT2D eigenvalue weighted by Crippen LogP contribution is -2.85. The number of benzene rings is 2. The first kappa shape index (κ1) is 32.8. The first-order valence-corrected chi connectivity index (χ1v) is 14.7. The van der Waals surface area contributed by atoms with Gasteiger partial charge in [0.05, 0.1) is 29.6 Å². The predicted molar refractivity (Wildman–Crippen MR) is 161 cm³/mol. The topological polar surface area (TPSA) is 125 Å². The van der Waals surface area contributed by atoms with Gasteiger partial charge in [0.2, 0.25) is 5.75 Å². The van der Waals surface area contributed by atoms with E-state index < -0.39 is 12.1 Å². The number of aliphatic imine (C=N–C) groups is 1. The number of quaternary nitrogens is 1. The minimum Gasteiger partial charge on any atom is -0.542 e. The van der Waals surface area contributed by atoms with Crippen LogP contribution in [0, 0.1) is 5.82 Å². The molecule has 0 spiro atoms. The molecule has 46 heavy (non-hydrogen) atoms. The van der Waals surface area contributed by atoms with Crippen molar-refractivity contribution in [2.75, 3.05) is 31.2 Å². The minimum absolute atomic E-state index is 0.133. The summed E-state index contributed by atoms with van der Waals surface area (Å²) in [6.07, 6.45) is -1.06. The van der Waals surface area contributed by atoms with Gasteiger partial charge < -0.3 is 24.3 Å². The third kappa shape index (κ3) is 7.97. The van der Waals surface area contributed by atoms with Gasteiger partial charge in [-0.2, -0.15) is 18.2 Å². The summed E-state index contributed by atoms with van der Waals surface area (Å²) in [6.45, 7) is 2.96. The molecule has 0 aliphatic carbocycles. The lowest BCUT2D eigenvalue weighted by Gasteiger charge is -2.29. The van der Waals surface area contributed by atoms with E-state index in [-0.39, 0.29) is 23.7 Å². The molecule has 2 N–H and O–H groups in total. The van der Waals surface area contributed by atoms with Crippen LogP contribution >= 0.6 is 15.9 Å². The number of nitrogens with zero attached hydrogens (tertiary/aromatic N) is 4. The second-order valence-corrected chi connectivity index (χ2v) is 11.0. The molecule has 2 aromatic carbocycles. The summed E-state index contributed by atoms with van der Waals surface area (Å²) < 4.78 is 58.8. The van der Waals surface area contributed by atoms with Crippen molar-refractivity contribution in [1.29, 1.82) is 0 Å². The molecule has 15 heteroatoms. The summed E-state index contributed by atoms with van der Waals surface area (Å²) in [5.41, 5.74) is 4.25. The number of anilines is 1. The molecule has 0 radical (unpaired) electrons. The largest absolute Gasteiger partial charge is 0.542 e. The number of carboxylic acid groups (broad SMARTS) is 1. The standard InChI is InChI=1S/C29H25BrFN5O3.C2HF3O2/c30-24-15-23(35-10-12-38-13-11-35)17-36-28(24)34-25(26(29(36)37)39-18-20-4-2-1-3-5-20)27-32-16-22(33-27)14-19-6-8-21(31)9-7-19;3-2(4,5)1(6)7/h1-9,15-17H,10-14,18H2,(H,32,33);(H,6,7). The Morgan fingerprint density at radius 2 is 1.74 bits per heavy atom. The Bertz CT molecular complexity index is 1840. The van der Waals surface area contributed by atoms with Crippen molar-refractivity contribution in [3.8, 4) is 5.75 Å². The first-order chi connectivity index (χ1) is 22.0. The van der Waals surface area contributed by atoms with Crippen LogP contribution in [0.1, 0.15) is 16.8 Å². The zero-order valence-corrected chi connectivity index (χ0v) is 25.6. The predicted octanol–water partition coefficient (Wildman–Crippen LogP) is 2.72. The van der Waals surface area contributed by atoms with E-state index >= 15 is 0 Å². The highest BCUT2D eigenvalue weighted by molar-refractivity contribution is 9.10. The van der Waals surface area contributed by atoms with E-state index in [1.165, 1.54) is 16.5 Å². The highest BCUT2D eigenvalue weighted by atomic mass is 79.9. The number of morpholine rings is 1. The highest BCUT2D eigenvalue weighted by Crippen LogP contribution is 2.26. The Kier molecular flexibility index (Phi) is 10.1. The lowest BCUT2D eigenvalue weighted by molar-refractivity contribution is -0.481. The number of nitrogens with two attached hydrogens (primary N) is 1. The van der Waals surface area contributed by atoms with Gasteiger partial charge in [0, 0.05) is 25.7 Å². The molecule has 1 fully saturated rings. The molecule has 4 aromatic rings. The van der Waals surface area contributed by atoms with E-state index in [1.54, 1.807) is 24.5 Å². The van der Waals surface area contributed by atoms with E-state index in [9.17, 15) is 22.4 Å². The van der Waals surface area contributed by atoms with E-state index in [0.29, 0.717) is 41.3 Å². The maximum atomic E-state index is 13.9. The van der Waals surface area contributed by atoms with E-state index in [4.69, 9.17) is 24.4 Å². The molecular formula is C31H26BrF4N5O5. The molecular weight excluding hydrogens is 678 g/mol. The number of rotatable bonds is 7. The molecule has 0 amide bonds. The van der Waals surface area contributed by atoms with E-state index in [0.717, 1.165) is 35.6 Å². The number of allylic oxidation sites excluding steroid dienone is 1. The number of ether oxygens (including phenoxy) is 2. The molecule has 2 aliphatic rings. The fourth-order valence-corrected chi connectivity index (χ4v) is 5.18. The summed E-state index contributed by atoms with van der Waals surface area (Å²) in [6, 6.07) is 18.0. The van der Waals surface area contributed by atoms with Crippen molar-refractivity contribution in [2.24, 2.45) is 4.99 Å². The second-order valence-electron chi connectivity index (χ2n) is 10.2. The van der Waals surface area contributed by atoms with Crippen LogP contribution in [0.15, 0.2) is 93.0 Å². The monoisotopic (exact) mass is 703 g/mol. The Morgan fingerprint density at radius 3 is 2.39 bits per heavy atom. The number of hydrogen-bond acceptors (Lipinski definition) is 8. The number of alkyl halides is 3. The number of halogens is 5. The number of fused-ring (bicyclic) bond motifs is 1. The number of carboxylic acids is 1. The minimum atomic E-state index is -5.19. The smallest absolute Gasteiger partial charge is 0.430 e. The van der Waals surface area contributed by atoms with Crippen molar-refractivity contribution in [1.82, 2.24) is 9.38 Å². The van der Waals surface area contributed by atoms with Crippen LogP contribution in [-0.4, -0.2) is 53.7 Å². The van der Waals surface area contributed by atoms with Gasteiger partial charge >= 0.3 is 11.7 Å². The molecule has 1 saturated heterocycles. The van der Waals surface area contributed by atoms with Gasteiger partial charge in [-0.3, -0.25) is 14.5 Å². The molecule has 2 aliphatic heterocycles. The first-order valence-electron chi connectivity index (χ1n) is 13.9. The molecule has 0 atom stereocenters. The molecule has 4 heterocycles. The summed E-state index contributed by atoms with van der Waals surface area (Å²) >= 11 is 3.64. The fraction of sp³-hybridized carbons (Fsp3) is 0.226. The van der Waals surface area contributed by atoms with Crippen LogP contribution < -0.4 is 25.6 Å². The van der Waals surface area contributed by atoms with Crippen molar-refractivity contribution in [3.05, 3.63) is 116 Å². The second kappa shape index (κ2) is 14.2. The number of aromatic nitrogens is 2. The summed E-state index contributed by atoms with van der Waals surface area (Å²) in [4.78, 5) is 34.4. The van der Waals surface area contributed by atoms with Gasteiger partial charge in [0.25, 0.3) is 5.84 Å². The maximum absolute atomic E-state index is 13.9. The van der Waals surface area contributed by atoms with Gasteiger partial charge in [0.15, 0.2) is 11.3 Å². The average Bonchev–Trinajstić information content (AvgIpc) is 3.51. The Labute approximate surface area is 267 Å². The van der Waals surface area contributed by atoms with Crippen molar-refractivity contribution < 1.29 is 42.3 Å². The third-order valence-corrected chi connectivity index (χ3v) is 7.50. The molecule has 6 rings (SSSR count). The van der Waals surface area contributed by atoms with Crippen molar-refractivity contribution >= 4 is 39.1 Å².